The molecule has 0 aromatic rings. The Hall–Kier alpha value is -1.46. The maximum atomic E-state index is 12.0. The number of ketones is 1. The summed E-state index contributed by atoms with van der Waals surface area (Å²) in [6, 6.07) is 0. The summed E-state index contributed by atoms with van der Waals surface area (Å²) in [5.74, 6) is -0.0517. The SMILES string of the molecule is COC(=O)CCCCC=CC1=C[C@H](OC2CCCCO2)CC1=O. The van der Waals surface area contributed by atoms with Crippen molar-refractivity contribution < 1.29 is 23.8 Å². The fraction of sp³-hybridized carbons (Fsp3) is 0.667. The Labute approximate surface area is 137 Å². The van der Waals surface area contributed by atoms with E-state index in [4.69, 9.17) is 9.47 Å². The van der Waals surface area contributed by atoms with Crippen molar-refractivity contribution in [3.05, 3.63) is 23.8 Å². The second-order valence-electron chi connectivity index (χ2n) is 5.94. The first-order chi connectivity index (χ1) is 11.2. The van der Waals surface area contributed by atoms with Gasteiger partial charge in [0.2, 0.25) is 0 Å². The monoisotopic (exact) mass is 322 g/mol. The number of unbranched alkanes of at least 4 members (excludes halogenated alkanes) is 2. The third kappa shape index (κ3) is 6.28. The molecule has 5 nitrogen and oxygen atoms in total. The van der Waals surface area contributed by atoms with E-state index in [0.29, 0.717) is 12.8 Å². The number of rotatable bonds is 8. The van der Waals surface area contributed by atoms with E-state index in [0.717, 1.165) is 50.7 Å². The minimum absolute atomic E-state index is 0.122. The predicted octanol–water partition coefficient (Wildman–Crippen LogP) is 3.09. The van der Waals surface area contributed by atoms with Crippen LogP contribution in [0.15, 0.2) is 23.8 Å². The van der Waals surface area contributed by atoms with Crippen molar-refractivity contribution in [3.63, 3.8) is 0 Å². The molecule has 1 heterocycles. The van der Waals surface area contributed by atoms with E-state index in [1.165, 1.54) is 7.11 Å². The zero-order valence-corrected chi connectivity index (χ0v) is 13.8. The summed E-state index contributed by atoms with van der Waals surface area (Å²) in [6.45, 7) is 0.743. The van der Waals surface area contributed by atoms with Gasteiger partial charge in [0, 0.05) is 25.0 Å². The molecule has 2 atom stereocenters. The molecule has 0 amide bonds. The average Bonchev–Trinajstić information content (AvgIpc) is 2.91. The van der Waals surface area contributed by atoms with E-state index >= 15 is 0 Å². The highest BCUT2D eigenvalue weighted by Crippen LogP contribution is 2.23. The first kappa shape index (κ1) is 17.9. The second kappa shape index (κ2) is 9.63. The largest absolute Gasteiger partial charge is 0.469 e. The number of methoxy groups -OCH3 is 1. The van der Waals surface area contributed by atoms with Gasteiger partial charge in [-0.2, -0.15) is 0 Å². The Bertz CT molecular complexity index is 460. The van der Waals surface area contributed by atoms with Crippen LogP contribution in [0.2, 0.25) is 0 Å². The fourth-order valence-corrected chi connectivity index (χ4v) is 2.75. The zero-order valence-electron chi connectivity index (χ0n) is 13.8. The molecule has 0 radical (unpaired) electrons. The van der Waals surface area contributed by atoms with Crippen molar-refractivity contribution >= 4 is 11.8 Å². The molecule has 0 bridgehead atoms. The summed E-state index contributed by atoms with van der Waals surface area (Å²) >= 11 is 0. The Morgan fingerprint density at radius 3 is 3.00 bits per heavy atom. The number of carbonyl (C=O) groups excluding carboxylic acids is 2. The molecule has 0 spiro atoms. The minimum Gasteiger partial charge on any atom is -0.469 e. The molecule has 2 aliphatic rings. The van der Waals surface area contributed by atoms with E-state index in [-0.39, 0.29) is 24.1 Å². The molecule has 0 N–H and O–H groups in total. The molecule has 1 aliphatic carbocycles. The van der Waals surface area contributed by atoms with Crippen molar-refractivity contribution in [2.75, 3.05) is 13.7 Å². The minimum atomic E-state index is -0.174. The summed E-state index contributed by atoms with van der Waals surface area (Å²) in [7, 11) is 1.40. The van der Waals surface area contributed by atoms with Crippen LogP contribution < -0.4 is 0 Å². The molecule has 1 saturated heterocycles. The van der Waals surface area contributed by atoms with Crippen molar-refractivity contribution in [1.82, 2.24) is 0 Å². The maximum Gasteiger partial charge on any atom is 0.305 e. The van der Waals surface area contributed by atoms with Crippen molar-refractivity contribution in [3.8, 4) is 0 Å². The third-order valence-corrected chi connectivity index (χ3v) is 4.07. The summed E-state index contributed by atoms with van der Waals surface area (Å²) in [6.07, 6.45) is 11.9. The number of ether oxygens (including phenoxy) is 3. The Kier molecular flexibility index (Phi) is 7.49. The van der Waals surface area contributed by atoms with Crippen LogP contribution in [0.25, 0.3) is 0 Å². The quantitative estimate of drug-likeness (QED) is 0.507. The van der Waals surface area contributed by atoms with Crippen LogP contribution >= 0.6 is 0 Å². The molecule has 2 rings (SSSR count). The number of hydrogen-bond donors (Lipinski definition) is 0. The van der Waals surface area contributed by atoms with Crippen LogP contribution in [0.4, 0.5) is 0 Å². The lowest BCUT2D eigenvalue weighted by atomic mass is 10.1. The molecule has 5 heteroatoms. The zero-order chi connectivity index (χ0) is 16.5. The number of allylic oxidation sites excluding steroid dienone is 3. The van der Waals surface area contributed by atoms with Gasteiger partial charge in [-0.1, -0.05) is 12.2 Å². The van der Waals surface area contributed by atoms with Crippen molar-refractivity contribution in [2.45, 2.75) is 63.8 Å². The number of carbonyl (C=O) groups is 2. The molecule has 0 saturated carbocycles. The molecule has 1 unspecified atom stereocenters. The molecule has 1 aliphatic heterocycles. The Morgan fingerprint density at radius 1 is 1.39 bits per heavy atom. The topological polar surface area (TPSA) is 61.8 Å². The molecule has 23 heavy (non-hydrogen) atoms. The van der Waals surface area contributed by atoms with Gasteiger partial charge in [-0.15, -0.1) is 0 Å². The van der Waals surface area contributed by atoms with Gasteiger partial charge in [0.15, 0.2) is 12.1 Å². The lowest BCUT2D eigenvalue weighted by molar-refractivity contribution is -0.178. The molecular formula is C18H26O5. The van der Waals surface area contributed by atoms with Crippen LogP contribution in [0.5, 0.6) is 0 Å². The van der Waals surface area contributed by atoms with Gasteiger partial charge in [-0.25, -0.2) is 0 Å². The molecule has 0 aromatic heterocycles. The Morgan fingerprint density at radius 2 is 2.26 bits per heavy atom. The first-order valence-electron chi connectivity index (χ1n) is 8.44. The van der Waals surface area contributed by atoms with Crippen LogP contribution in [0.3, 0.4) is 0 Å². The van der Waals surface area contributed by atoms with Crippen molar-refractivity contribution in [1.29, 1.82) is 0 Å². The molecule has 1 fully saturated rings. The maximum absolute atomic E-state index is 12.0. The molecular weight excluding hydrogens is 296 g/mol. The molecule has 128 valence electrons. The normalized spacial score (nSPS) is 24.9. The number of hydrogen-bond acceptors (Lipinski definition) is 5. The lowest BCUT2D eigenvalue weighted by Gasteiger charge is -2.24. The van der Waals surface area contributed by atoms with E-state index in [1.807, 2.05) is 18.2 Å². The van der Waals surface area contributed by atoms with E-state index in [1.54, 1.807) is 0 Å². The average molecular weight is 322 g/mol. The van der Waals surface area contributed by atoms with Crippen LogP contribution in [0, 0.1) is 0 Å². The summed E-state index contributed by atoms with van der Waals surface area (Å²) in [5.41, 5.74) is 0.721. The van der Waals surface area contributed by atoms with E-state index in [9.17, 15) is 9.59 Å². The third-order valence-electron chi connectivity index (χ3n) is 4.07. The molecule has 0 aromatic carbocycles. The van der Waals surface area contributed by atoms with Crippen molar-refractivity contribution in [2.24, 2.45) is 0 Å². The van der Waals surface area contributed by atoms with Crippen LogP contribution in [-0.2, 0) is 23.8 Å². The van der Waals surface area contributed by atoms with E-state index in [2.05, 4.69) is 4.74 Å². The standard InChI is InChI=1S/C18H26O5/c1-21-17(20)9-5-3-2-4-8-14-12-15(13-16(14)19)23-18-10-6-7-11-22-18/h4,8,12,15,18H,2-3,5-7,9-11,13H2,1H3/t15-,18?/m0/s1. The van der Waals surface area contributed by atoms with Crippen LogP contribution in [-0.4, -0.2) is 37.9 Å². The highest BCUT2D eigenvalue weighted by molar-refractivity contribution is 6.00. The lowest BCUT2D eigenvalue weighted by Crippen LogP contribution is -2.26. The highest BCUT2D eigenvalue weighted by atomic mass is 16.7. The number of Topliss-reactive ketones (excluding diaryl/α,β-unsaturated/α-hetero) is 1. The van der Waals surface area contributed by atoms with Gasteiger partial charge in [-0.3, -0.25) is 9.59 Å². The fourth-order valence-electron chi connectivity index (χ4n) is 2.75. The van der Waals surface area contributed by atoms with Gasteiger partial charge in [-0.05, 0) is 44.6 Å². The summed E-state index contributed by atoms with van der Waals surface area (Å²) in [5, 5.41) is 0. The Balaban J connectivity index is 1.69. The van der Waals surface area contributed by atoms with Gasteiger partial charge in [0.25, 0.3) is 0 Å². The number of esters is 1. The first-order valence-corrected chi connectivity index (χ1v) is 8.44. The summed E-state index contributed by atoms with van der Waals surface area (Å²) in [4.78, 5) is 23.0. The second-order valence-corrected chi connectivity index (χ2v) is 5.94. The van der Waals surface area contributed by atoms with Gasteiger partial charge >= 0.3 is 5.97 Å². The van der Waals surface area contributed by atoms with Gasteiger partial charge in [0.1, 0.15) is 0 Å². The van der Waals surface area contributed by atoms with Gasteiger partial charge < -0.3 is 14.2 Å². The smallest absolute Gasteiger partial charge is 0.305 e. The van der Waals surface area contributed by atoms with E-state index < -0.39 is 0 Å². The predicted molar refractivity (Wildman–Crippen MR) is 85.8 cm³/mol. The van der Waals surface area contributed by atoms with Gasteiger partial charge in [0.05, 0.1) is 13.2 Å². The highest BCUT2D eigenvalue weighted by Gasteiger charge is 2.26. The van der Waals surface area contributed by atoms with Crippen LogP contribution in [0.1, 0.15) is 51.4 Å². The summed E-state index contributed by atoms with van der Waals surface area (Å²) < 4.78 is 16.0.